The number of hydrogen-bond acceptors (Lipinski definition) is 3. The molecule has 3 nitrogen and oxygen atoms in total. The highest BCUT2D eigenvalue weighted by atomic mass is 32.2. The number of rotatable bonds is 4. The Morgan fingerprint density at radius 1 is 1.26 bits per heavy atom. The van der Waals surface area contributed by atoms with Crippen LogP contribution in [0.3, 0.4) is 0 Å². The van der Waals surface area contributed by atoms with Gasteiger partial charge in [0.05, 0.1) is 11.5 Å². The molecule has 1 aliphatic rings. The fraction of sp³-hybridized carbons (Fsp3) is 0.467. The van der Waals surface area contributed by atoms with Gasteiger partial charge in [0.15, 0.2) is 0 Å². The summed E-state index contributed by atoms with van der Waals surface area (Å²) < 4.78 is 29.3. The first-order valence-electron chi connectivity index (χ1n) is 6.63. The van der Waals surface area contributed by atoms with Crippen molar-refractivity contribution in [1.29, 1.82) is 0 Å². The monoisotopic (exact) mass is 280 g/mol. The van der Waals surface area contributed by atoms with Gasteiger partial charge in [0.2, 0.25) is 0 Å². The van der Waals surface area contributed by atoms with Gasteiger partial charge in [-0.1, -0.05) is 36.3 Å². The lowest BCUT2D eigenvalue weighted by Crippen LogP contribution is -2.18. The summed E-state index contributed by atoms with van der Waals surface area (Å²) in [4.78, 5) is 0.222. The van der Waals surface area contributed by atoms with Crippen LogP contribution in [-0.2, 0) is 14.3 Å². The first-order valence-corrected chi connectivity index (χ1v) is 8.03. The third kappa shape index (κ3) is 3.67. The zero-order valence-corrected chi connectivity index (χ0v) is 12.1. The highest BCUT2D eigenvalue weighted by Crippen LogP contribution is 2.29. The van der Waals surface area contributed by atoms with Gasteiger partial charge in [-0.15, -0.1) is 0 Å². The molecular weight excluding hydrogens is 260 g/mol. The van der Waals surface area contributed by atoms with E-state index in [4.69, 9.17) is 4.18 Å². The van der Waals surface area contributed by atoms with E-state index in [-0.39, 0.29) is 17.4 Å². The standard InChI is InChI=1S/C15H20O3S/c1-12-7-9-15(10-8-12)19(16,17)18-11-14-6-4-3-5-13(14)2/h7-10,14H,2-6,11H2,1H3/t14-/m1/s1. The SMILES string of the molecule is C=C1CCCC[C@@H]1COS(=O)(=O)c1ccc(C)cc1. The molecule has 0 aliphatic heterocycles. The molecule has 1 fully saturated rings. The second-order valence-electron chi connectivity index (χ2n) is 5.15. The normalized spacial score (nSPS) is 20.5. The van der Waals surface area contributed by atoms with Crippen molar-refractivity contribution in [2.24, 2.45) is 5.92 Å². The summed E-state index contributed by atoms with van der Waals surface area (Å²) in [6.45, 7) is 6.14. The van der Waals surface area contributed by atoms with E-state index in [0.29, 0.717) is 0 Å². The van der Waals surface area contributed by atoms with Gasteiger partial charge in [0, 0.05) is 5.92 Å². The molecule has 1 saturated carbocycles. The molecule has 2 rings (SSSR count). The zero-order valence-electron chi connectivity index (χ0n) is 11.3. The first kappa shape index (κ1) is 14.3. The van der Waals surface area contributed by atoms with E-state index in [2.05, 4.69) is 6.58 Å². The van der Waals surface area contributed by atoms with Crippen LogP contribution in [0.2, 0.25) is 0 Å². The van der Waals surface area contributed by atoms with Crippen molar-refractivity contribution in [3.05, 3.63) is 42.0 Å². The maximum Gasteiger partial charge on any atom is 0.296 e. The maximum absolute atomic E-state index is 12.0. The Balaban J connectivity index is 2.01. The van der Waals surface area contributed by atoms with Crippen LogP contribution in [0.4, 0.5) is 0 Å². The number of benzene rings is 1. The molecule has 104 valence electrons. The van der Waals surface area contributed by atoms with Crippen molar-refractivity contribution in [1.82, 2.24) is 0 Å². The van der Waals surface area contributed by atoms with Gasteiger partial charge in [-0.25, -0.2) is 0 Å². The lowest BCUT2D eigenvalue weighted by molar-refractivity contribution is 0.251. The van der Waals surface area contributed by atoms with Gasteiger partial charge in [-0.3, -0.25) is 4.18 Å². The number of hydrogen-bond donors (Lipinski definition) is 0. The van der Waals surface area contributed by atoms with Crippen LogP contribution in [-0.4, -0.2) is 15.0 Å². The van der Waals surface area contributed by atoms with Crippen LogP contribution < -0.4 is 0 Å². The molecule has 19 heavy (non-hydrogen) atoms. The molecular formula is C15H20O3S. The van der Waals surface area contributed by atoms with Gasteiger partial charge in [-0.2, -0.15) is 8.42 Å². The second-order valence-corrected chi connectivity index (χ2v) is 6.77. The summed E-state index contributed by atoms with van der Waals surface area (Å²) in [7, 11) is -3.64. The molecule has 0 N–H and O–H groups in total. The molecule has 1 aromatic rings. The van der Waals surface area contributed by atoms with E-state index < -0.39 is 10.1 Å². The summed E-state index contributed by atoms with van der Waals surface area (Å²) in [5, 5.41) is 0. The van der Waals surface area contributed by atoms with E-state index in [1.165, 1.54) is 0 Å². The van der Waals surface area contributed by atoms with Crippen LogP contribution in [0.1, 0.15) is 31.2 Å². The molecule has 0 radical (unpaired) electrons. The molecule has 0 amide bonds. The van der Waals surface area contributed by atoms with Gasteiger partial charge in [0.1, 0.15) is 0 Å². The second kappa shape index (κ2) is 5.88. The quantitative estimate of drug-likeness (QED) is 0.626. The van der Waals surface area contributed by atoms with E-state index >= 15 is 0 Å². The Labute approximate surface area is 115 Å². The van der Waals surface area contributed by atoms with Crippen LogP contribution in [0.25, 0.3) is 0 Å². The minimum absolute atomic E-state index is 0.175. The summed E-state index contributed by atoms with van der Waals surface area (Å²) in [5.41, 5.74) is 2.14. The van der Waals surface area contributed by atoms with Crippen LogP contribution >= 0.6 is 0 Å². The highest BCUT2D eigenvalue weighted by Gasteiger charge is 2.22. The number of aryl methyl sites for hydroxylation is 1. The Bertz CT molecular complexity index is 543. The molecule has 4 heteroatoms. The molecule has 0 bridgehead atoms. The zero-order chi connectivity index (χ0) is 13.9. The fourth-order valence-electron chi connectivity index (χ4n) is 2.30. The van der Waals surface area contributed by atoms with Gasteiger partial charge >= 0.3 is 0 Å². The molecule has 0 saturated heterocycles. The Kier molecular flexibility index (Phi) is 4.42. The first-order chi connectivity index (χ1) is 8.99. The predicted octanol–water partition coefficient (Wildman–Crippen LogP) is 3.45. The summed E-state index contributed by atoms with van der Waals surface area (Å²) in [6, 6.07) is 6.71. The van der Waals surface area contributed by atoms with Crippen molar-refractivity contribution >= 4 is 10.1 Å². The van der Waals surface area contributed by atoms with Crippen molar-refractivity contribution in [2.75, 3.05) is 6.61 Å². The van der Waals surface area contributed by atoms with Gasteiger partial charge in [-0.05, 0) is 38.3 Å². The fourth-order valence-corrected chi connectivity index (χ4v) is 3.25. The summed E-state index contributed by atoms with van der Waals surface area (Å²) in [5.74, 6) is 0.175. The molecule has 1 aromatic carbocycles. The lowest BCUT2D eigenvalue weighted by Gasteiger charge is -2.23. The highest BCUT2D eigenvalue weighted by molar-refractivity contribution is 7.86. The largest absolute Gasteiger partial charge is 0.296 e. The molecule has 0 spiro atoms. The molecule has 1 aliphatic carbocycles. The van der Waals surface area contributed by atoms with Crippen molar-refractivity contribution in [2.45, 2.75) is 37.5 Å². The van der Waals surface area contributed by atoms with Crippen LogP contribution in [0.5, 0.6) is 0 Å². The Morgan fingerprint density at radius 2 is 1.95 bits per heavy atom. The van der Waals surface area contributed by atoms with E-state index in [9.17, 15) is 8.42 Å². The van der Waals surface area contributed by atoms with Crippen LogP contribution in [0.15, 0.2) is 41.3 Å². The van der Waals surface area contributed by atoms with Gasteiger partial charge in [0.25, 0.3) is 10.1 Å². The van der Waals surface area contributed by atoms with Crippen LogP contribution in [0, 0.1) is 12.8 Å². The Morgan fingerprint density at radius 3 is 2.58 bits per heavy atom. The average molecular weight is 280 g/mol. The van der Waals surface area contributed by atoms with Crippen molar-refractivity contribution in [3.8, 4) is 0 Å². The third-order valence-electron chi connectivity index (χ3n) is 3.61. The Hall–Kier alpha value is -1.13. The molecule has 0 unspecified atom stereocenters. The molecule has 0 aromatic heterocycles. The summed E-state index contributed by atoms with van der Waals surface area (Å²) >= 11 is 0. The molecule has 1 atom stereocenters. The van der Waals surface area contributed by atoms with Gasteiger partial charge < -0.3 is 0 Å². The van der Waals surface area contributed by atoms with E-state index in [0.717, 1.165) is 36.8 Å². The smallest absolute Gasteiger partial charge is 0.266 e. The van der Waals surface area contributed by atoms with E-state index in [1.807, 2.05) is 6.92 Å². The maximum atomic E-state index is 12.0. The average Bonchev–Trinajstić information content (AvgIpc) is 2.38. The lowest BCUT2D eigenvalue weighted by atomic mass is 9.86. The van der Waals surface area contributed by atoms with E-state index in [1.54, 1.807) is 24.3 Å². The summed E-state index contributed by atoms with van der Waals surface area (Å²) in [6.07, 6.45) is 4.23. The third-order valence-corrected chi connectivity index (χ3v) is 4.91. The topological polar surface area (TPSA) is 43.4 Å². The minimum atomic E-state index is -3.64. The minimum Gasteiger partial charge on any atom is -0.266 e. The predicted molar refractivity (Wildman–Crippen MR) is 75.4 cm³/mol. The molecule has 0 heterocycles. The van der Waals surface area contributed by atoms with Crippen molar-refractivity contribution < 1.29 is 12.6 Å². The van der Waals surface area contributed by atoms with Crippen molar-refractivity contribution in [3.63, 3.8) is 0 Å².